The Hall–Kier alpha value is -0.990. The molecule has 0 aromatic rings. The summed E-state index contributed by atoms with van der Waals surface area (Å²) in [7, 11) is 1.85. The number of carbonyl (C=O) groups excluding carboxylic acids is 1. The van der Waals surface area contributed by atoms with Crippen LogP contribution in [0.4, 0.5) is 4.79 Å². The number of allylic oxidation sites excluding steroid dienone is 1. The van der Waals surface area contributed by atoms with Crippen LogP contribution in [0, 0.1) is 5.92 Å². The SMILES string of the molecule is CCCCN(C)C(=O)N/C=C/C1CCCCC1. The van der Waals surface area contributed by atoms with Gasteiger partial charge in [-0.3, -0.25) is 0 Å². The van der Waals surface area contributed by atoms with E-state index in [9.17, 15) is 4.79 Å². The van der Waals surface area contributed by atoms with Crippen molar-refractivity contribution in [3.05, 3.63) is 12.3 Å². The standard InChI is InChI=1S/C14H26N2O/c1-3-4-12-16(2)14(17)15-11-10-13-8-6-5-7-9-13/h10-11,13H,3-9,12H2,1-2H3,(H,15,17)/b11-10+. The smallest absolute Gasteiger partial charge is 0.321 e. The van der Waals surface area contributed by atoms with Crippen molar-refractivity contribution in [2.24, 2.45) is 5.92 Å². The minimum Gasteiger partial charge on any atom is -0.328 e. The monoisotopic (exact) mass is 238 g/mol. The number of hydrogen-bond donors (Lipinski definition) is 1. The third-order valence-electron chi connectivity index (χ3n) is 3.42. The number of rotatable bonds is 5. The molecule has 0 aliphatic heterocycles. The Bertz CT molecular complexity index is 245. The van der Waals surface area contributed by atoms with E-state index in [4.69, 9.17) is 0 Å². The van der Waals surface area contributed by atoms with Crippen LogP contribution in [0.3, 0.4) is 0 Å². The van der Waals surface area contributed by atoms with Crippen molar-refractivity contribution in [3.8, 4) is 0 Å². The Morgan fingerprint density at radius 3 is 2.71 bits per heavy atom. The summed E-state index contributed by atoms with van der Waals surface area (Å²) in [6.45, 7) is 2.97. The molecule has 1 aliphatic rings. The molecule has 0 aromatic heterocycles. The minimum absolute atomic E-state index is 0.00510. The fourth-order valence-corrected chi connectivity index (χ4v) is 2.19. The lowest BCUT2D eigenvalue weighted by Crippen LogP contribution is -2.35. The van der Waals surface area contributed by atoms with E-state index in [0.717, 1.165) is 19.4 Å². The number of carbonyl (C=O) groups is 1. The summed E-state index contributed by atoms with van der Waals surface area (Å²) in [6, 6.07) is 0.00510. The molecule has 1 rings (SSSR count). The number of nitrogens with one attached hydrogen (secondary N) is 1. The topological polar surface area (TPSA) is 32.3 Å². The summed E-state index contributed by atoms with van der Waals surface area (Å²) < 4.78 is 0. The molecule has 0 aromatic carbocycles. The van der Waals surface area contributed by atoms with Crippen LogP contribution in [0.25, 0.3) is 0 Å². The van der Waals surface area contributed by atoms with Crippen LogP contribution in [0.1, 0.15) is 51.9 Å². The Morgan fingerprint density at radius 1 is 1.35 bits per heavy atom. The van der Waals surface area contributed by atoms with Crippen molar-refractivity contribution in [1.82, 2.24) is 10.2 Å². The molecule has 98 valence electrons. The van der Waals surface area contributed by atoms with Gasteiger partial charge < -0.3 is 10.2 Å². The molecule has 0 atom stereocenters. The second-order valence-electron chi connectivity index (χ2n) is 4.98. The highest BCUT2D eigenvalue weighted by molar-refractivity contribution is 5.74. The van der Waals surface area contributed by atoms with Crippen LogP contribution >= 0.6 is 0 Å². The highest BCUT2D eigenvalue weighted by Crippen LogP contribution is 2.24. The van der Waals surface area contributed by atoms with Gasteiger partial charge in [0.05, 0.1) is 0 Å². The Morgan fingerprint density at radius 2 is 2.06 bits per heavy atom. The van der Waals surface area contributed by atoms with Gasteiger partial charge in [0.2, 0.25) is 0 Å². The van der Waals surface area contributed by atoms with Crippen LogP contribution in [0.5, 0.6) is 0 Å². The zero-order valence-corrected chi connectivity index (χ0v) is 11.2. The fourth-order valence-electron chi connectivity index (χ4n) is 2.19. The predicted molar refractivity (Wildman–Crippen MR) is 71.8 cm³/mol. The van der Waals surface area contributed by atoms with Gasteiger partial charge in [-0.1, -0.05) is 38.7 Å². The summed E-state index contributed by atoms with van der Waals surface area (Å²) in [6.07, 6.45) is 12.8. The first-order valence-corrected chi connectivity index (χ1v) is 6.92. The molecule has 0 saturated heterocycles. The summed E-state index contributed by atoms with van der Waals surface area (Å²) in [5.74, 6) is 0.671. The van der Waals surface area contributed by atoms with Gasteiger partial charge in [-0.25, -0.2) is 4.79 Å². The molecule has 1 saturated carbocycles. The van der Waals surface area contributed by atoms with Crippen molar-refractivity contribution in [3.63, 3.8) is 0 Å². The van der Waals surface area contributed by atoms with E-state index in [2.05, 4.69) is 18.3 Å². The lowest BCUT2D eigenvalue weighted by atomic mass is 9.89. The Kier molecular flexibility index (Phi) is 6.75. The van der Waals surface area contributed by atoms with E-state index in [1.54, 1.807) is 4.90 Å². The first-order chi connectivity index (χ1) is 8.24. The van der Waals surface area contributed by atoms with E-state index in [-0.39, 0.29) is 6.03 Å². The molecular formula is C14H26N2O. The van der Waals surface area contributed by atoms with Gasteiger partial charge in [0.25, 0.3) is 0 Å². The molecule has 2 amide bonds. The average Bonchev–Trinajstić information content (AvgIpc) is 2.37. The van der Waals surface area contributed by atoms with Crippen LogP contribution in [-0.2, 0) is 0 Å². The quantitative estimate of drug-likeness (QED) is 0.781. The van der Waals surface area contributed by atoms with Crippen molar-refractivity contribution >= 4 is 6.03 Å². The first-order valence-electron chi connectivity index (χ1n) is 6.92. The summed E-state index contributed by atoms with van der Waals surface area (Å²) in [5, 5.41) is 2.85. The highest BCUT2D eigenvalue weighted by atomic mass is 16.2. The molecule has 1 N–H and O–H groups in total. The van der Waals surface area contributed by atoms with Crippen LogP contribution in [-0.4, -0.2) is 24.5 Å². The molecule has 1 aliphatic carbocycles. The van der Waals surface area contributed by atoms with Gasteiger partial charge >= 0.3 is 6.03 Å². The maximum Gasteiger partial charge on any atom is 0.321 e. The van der Waals surface area contributed by atoms with Crippen molar-refractivity contribution in [1.29, 1.82) is 0 Å². The third kappa shape index (κ3) is 5.76. The molecule has 0 spiro atoms. The van der Waals surface area contributed by atoms with E-state index < -0.39 is 0 Å². The van der Waals surface area contributed by atoms with Gasteiger partial charge in [-0.05, 0) is 25.2 Å². The van der Waals surface area contributed by atoms with Crippen molar-refractivity contribution in [2.45, 2.75) is 51.9 Å². The van der Waals surface area contributed by atoms with Gasteiger partial charge in [-0.2, -0.15) is 0 Å². The minimum atomic E-state index is 0.00510. The normalized spacial score (nSPS) is 17.3. The van der Waals surface area contributed by atoms with Gasteiger partial charge in [0.1, 0.15) is 0 Å². The maximum absolute atomic E-state index is 11.7. The zero-order chi connectivity index (χ0) is 12.5. The van der Waals surface area contributed by atoms with Gasteiger partial charge in [0.15, 0.2) is 0 Å². The van der Waals surface area contributed by atoms with Crippen LogP contribution in [0.2, 0.25) is 0 Å². The van der Waals surface area contributed by atoms with Crippen molar-refractivity contribution < 1.29 is 4.79 Å². The van der Waals surface area contributed by atoms with Crippen LogP contribution < -0.4 is 5.32 Å². The molecule has 3 nitrogen and oxygen atoms in total. The molecular weight excluding hydrogens is 212 g/mol. The lowest BCUT2D eigenvalue weighted by Gasteiger charge is -2.18. The molecule has 1 fully saturated rings. The van der Waals surface area contributed by atoms with E-state index in [0.29, 0.717) is 5.92 Å². The van der Waals surface area contributed by atoms with E-state index in [1.165, 1.54) is 32.1 Å². The van der Waals surface area contributed by atoms with Crippen LogP contribution in [0.15, 0.2) is 12.3 Å². The van der Waals surface area contributed by atoms with E-state index >= 15 is 0 Å². The average molecular weight is 238 g/mol. The fraction of sp³-hybridized carbons (Fsp3) is 0.786. The van der Waals surface area contributed by atoms with E-state index in [1.807, 2.05) is 13.2 Å². The van der Waals surface area contributed by atoms with Gasteiger partial charge in [0, 0.05) is 19.8 Å². The predicted octanol–water partition coefficient (Wildman–Crippen LogP) is 3.52. The Balaban J connectivity index is 2.19. The maximum atomic E-state index is 11.7. The summed E-state index contributed by atoms with van der Waals surface area (Å²) >= 11 is 0. The number of nitrogens with zero attached hydrogens (tertiary/aromatic N) is 1. The highest BCUT2D eigenvalue weighted by Gasteiger charge is 2.10. The number of urea groups is 1. The second-order valence-corrected chi connectivity index (χ2v) is 4.98. The van der Waals surface area contributed by atoms with Gasteiger partial charge in [-0.15, -0.1) is 0 Å². The lowest BCUT2D eigenvalue weighted by molar-refractivity contribution is 0.212. The Labute approximate surface area is 105 Å². The molecule has 0 unspecified atom stereocenters. The molecule has 0 radical (unpaired) electrons. The zero-order valence-electron chi connectivity index (χ0n) is 11.2. The first kappa shape index (κ1) is 14.1. The number of amides is 2. The number of unbranched alkanes of at least 4 members (excludes halogenated alkanes) is 1. The molecule has 17 heavy (non-hydrogen) atoms. The molecule has 0 bridgehead atoms. The summed E-state index contributed by atoms with van der Waals surface area (Å²) in [5.41, 5.74) is 0. The second kappa shape index (κ2) is 8.15. The molecule has 3 heteroatoms. The number of hydrogen-bond acceptors (Lipinski definition) is 1. The molecule has 0 heterocycles. The van der Waals surface area contributed by atoms with Crippen molar-refractivity contribution in [2.75, 3.05) is 13.6 Å². The third-order valence-corrected chi connectivity index (χ3v) is 3.42. The summed E-state index contributed by atoms with van der Waals surface area (Å²) in [4.78, 5) is 13.4. The largest absolute Gasteiger partial charge is 0.328 e.